The highest BCUT2D eigenvalue weighted by molar-refractivity contribution is 7.08. The molecule has 2 aromatic rings. The number of nitrogens with zero attached hydrogens (tertiary/aromatic N) is 2. The molecule has 1 amide bonds. The summed E-state index contributed by atoms with van der Waals surface area (Å²) >= 11 is 6.90. The molecule has 20 heavy (non-hydrogen) atoms. The molecule has 0 saturated carbocycles. The van der Waals surface area contributed by atoms with E-state index in [0.29, 0.717) is 17.0 Å². The summed E-state index contributed by atoms with van der Waals surface area (Å²) < 4.78 is 3.72. The first-order valence-electron chi connectivity index (χ1n) is 5.69. The molecular formula is C12H10ClN3O3S. The van der Waals surface area contributed by atoms with Crippen LogP contribution in [0.4, 0.5) is 5.69 Å². The highest BCUT2D eigenvalue weighted by Crippen LogP contribution is 2.27. The van der Waals surface area contributed by atoms with E-state index in [0.717, 1.165) is 11.5 Å². The van der Waals surface area contributed by atoms with Crippen LogP contribution in [0.25, 0.3) is 0 Å². The zero-order chi connectivity index (χ0) is 14.7. The Kier molecular flexibility index (Phi) is 4.31. The van der Waals surface area contributed by atoms with Gasteiger partial charge >= 0.3 is 5.97 Å². The molecule has 104 valence electrons. The number of anilines is 1. The molecule has 0 aliphatic rings. The van der Waals surface area contributed by atoms with Crippen LogP contribution in [0.2, 0.25) is 5.02 Å². The van der Waals surface area contributed by atoms with Crippen LogP contribution in [-0.2, 0) is 6.42 Å². The molecule has 0 aliphatic carbocycles. The van der Waals surface area contributed by atoms with E-state index >= 15 is 0 Å². The van der Waals surface area contributed by atoms with Crippen LogP contribution < -0.4 is 5.32 Å². The normalized spacial score (nSPS) is 10.3. The van der Waals surface area contributed by atoms with Crippen molar-refractivity contribution in [2.75, 3.05) is 5.32 Å². The van der Waals surface area contributed by atoms with Crippen molar-refractivity contribution >= 4 is 40.7 Å². The first-order valence-corrected chi connectivity index (χ1v) is 6.84. The lowest BCUT2D eigenvalue weighted by atomic mass is 10.1. The number of carboxylic acid groups (broad SMARTS) is 1. The Hall–Kier alpha value is -1.99. The van der Waals surface area contributed by atoms with Gasteiger partial charge in [0, 0.05) is 0 Å². The maximum Gasteiger partial charge on any atom is 0.337 e. The molecule has 0 unspecified atom stereocenters. The molecule has 0 spiro atoms. The summed E-state index contributed by atoms with van der Waals surface area (Å²) in [6, 6.07) is 4.39. The van der Waals surface area contributed by atoms with Crippen molar-refractivity contribution < 1.29 is 14.7 Å². The number of para-hydroxylation sites is 1. The van der Waals surface area contributed by atoms with E-state index in [1.54, 1.807) is 0 Å². The number of aryl methyl sites for hydroxylation is 1. The third-order valence-corrected chi connectivity index (χ3v) is 3.66. The minimum atomic E-state index is -1.17. The van der Waals surface area contributed by atoms with Crippen LogP contribution in [0.5, 0.6) is 0 Å². The van der Waals surface area contributed by atoms with Gasteiger partial charge in [-0.15, -0.1) is 5.10 Å². The number of hydrogen-bond donors (Lipinski definition) is 2. The number of carbonyl (C=O) groups excluding carboxylic acids is 1. The van der Waals surface area contributed by atoms with Gasteiger partial charge in [-0.25, -0.2) is 4.79 Å². The van der Waals surface area contributed by atoms with Gasteiger partial charge in [-0.05, 0) is 30.1 Å². The molecule has 0 bridgehead atoms. The summed E-state index contributed by atoms with van der Waals surface area (Å²) in [5.74, 6) is -1.63. The standard InChI is InChI=1S/C12H10ClN3O3S/c1-2-8-10(20-16-15-8)11(17)14-9-6(12(18)19)4-3-5-7(9)13/h3-5H,2H2,1H3,(H,14,17)(H,18,19). The number of aromatic carboxylic acids is 1. The Morgan fingerprint density at radius 2 is 2.20 bits per heavy atom. The van der Waals surface area contributed by atoms with Crippen molar-refractivity contribution in [3.63, 3.8) is 0 Å². The lowest BCUT2D eigenvalue weighted by molar-refractivity contribution is 0.0698. The highest BCUT2D eigenvalue weighted by Gasteiger charge is 2.20. The zero-order valence-electron chi connectivity index (χ0n) is 10.4. The van der Waals surface area contributed by atoms with E-state index in [4.69, 9.17) is 16.7 Å². The van der Waals surface area contributed by atoms with Gasteiger partial charge < -0.3 is 10.4 Å². The summed E-state index contributed by atoms with van der Waals surface area (Å²) in [5, 5.41) is 15.6. The van der Waals surface area contributed by atoms with Crippen molar-refractivity contribution in [2.45, 2.75) is 13.3 Å². The van der Waals surface area contributed by atoms with E-state index in [-0.39, 0.29) is 16.3 Å². The fourth-order valence-corrected chi connectivity index (χ4v) is 2.48. The van der Waals surface area contributed by atoms with Gasteiger partial charge in [-0.3, -0.25) is 4.79 Å². The van der Waals surface area contributed by atoms with Gasteiger partial charge in [0.15, 0.2) is 0 Å². The second-order valence-corrected chi connectivity index (χ2v) is 4.99. The Balaban J connectivity index is 2.35. The van der Waals surface area contributed by atoms with Gasteiger partial charge in [0.05, 0.1) is 22.0 Å². The van der Waals surface area contributed by atoms with Crippen molar-refractivity contribution in [3.05, 3.63) is 39.4 Å². The fourth-order valence-electron chi connectivity index (χ4n) is 1.61. The monoisotopic (exact) mass is 311 g/mol. The average molecular weight is 312 g/mol. The summed E-state index contributed by atoms with van der Waals surface area (Å²) in [5.41, 5.74) is 0.569. The van der Waals surface area contributed by atoms with Crippen LogP contribution in [-0.4, -0.2) is 26.6 Å². The molecule has 0 saturated heterocycles. The number of benzene rings is 1. The number of aromatic nitrogens is 2. The topological polar surface area (TPSA) is 92.2 Å². The van der Waals surface area contributed by atoms with Crippen molar-refractivity contribution in [1.82, 2.24) is 9.59 Å². The number of amides is 1. The predicted octanol–water partition coefficient (Wildman–Crippen LogP) is 2.70. The smallest absolute Gasteiger partial charge is 0.337 e. The fraction of sp³-hybridized carbons (Fsp3) is 0.167. The van der Waals surface area contributed by atoms with Crippen molar-refractivity contribution in [2.24, 2.45) is 0 Å². The van der Waals surface area contributed by atoms with Gasteiger partial charge in [-0.2, -0.15) is 0 Å². The van der Waals surface area contributed by atoms with Crippen LogP contribution in [0.1, 0.15) is 32.6 Å². The molecule has 0 aliphatic heterocycles. The number of nitrogens with one attached hydrogen (secondary N) is 1. The number of carboxylic acids is 1. The van der Waals surface area contributed by atoms with Gasteiger partial charge in [0.2, 0.25) is 0 Å². The minimum absolute atomic E-state index is 0.0682. The highest BCUT2D eigenvalue weighted by atomic mass is 35.5. The summed E-state index contributed by atoms with van der Waals surface area (Å²) in [6.45, 7) is 1.85. The van der Waals surface area contributed by atoms with E-state index in [1.807, 2.05) is 6.92 Å². The molecule has 2 rings (SSSR count). The predicted molar refractivity (Wildman–Crippen MR) is 75.7 cm³/mol. The first-order chi connectivity index (χ1) is 9.54. The molecule has 1 heterocycles. The maximum absolute atomic E-state index is 12.1. The van der Waals surface area contributed by atoms with E-state index < -0.39 is 11.9 Å². The Morgan fingerprint density at radius 1 is 1.45 bits per heavy atom. The summed E-state index contributed by atoms with van der Waals surface area (Å²) in [4.78, 5) is 23.6. The Labute approximate surface area is 123 Å². The molecule has 0 atom stereocenters. The van der Waals surface area contributed by atoms with Crippen molar-refractivity contribution in [3.8, 4) is 0 Å². The van der Waals surface area contributed by atoms with Gasteiger partial charge in [0.1, 0.15) is 4.88 Å². The van der Waals surface area contributed by atoms with Crippen LogP contribution in [0.15, 0.2) is 18.2 Å². The summed E-state index contributed by atoms with van der Waals surface area (Å²) in [7, 11) is 0. The average Bonchev–Trinajstić information content (AvgIpc) is 2.89. The molecule has 0 fully saturated rings. The largest absolute Gasteiger partial charge is 0.478 e. The number of carbonyl (C=O) groups is 2. The molecular weight excluding hydrogens is 302 g/mol. The lowest BCUT2D eigenvalue weighted by Crippen LogP contribution is -2.15. The van der Waals surface area contributed by atoms with Crippen LogP contribution >= 0.6 is 23.1 Å². The number of hydrogen-bond acceptors (Lipinski definition) is 5. The van der Waals surface area contributed by atoms with Crippen molar-refractivity contribution in [1.29, 1.82) is 0 Å². The summed E-state index contributed by atoms with van der Waals surface area (Å²) in [6.07, 6.45) is 0.563. The first kappa shape index (κ1) is 14.4. The lowest BCUT2D eigenvalue weighted by Gasteiger charge is -2.09. The maximum atomic E-state index is 12.1. The minimum Gasteiger partial charge on any atom is -0.478 e. The second kappa shape index (κ2) is 5.98. The molecule has 1 aromatic carbocycles. The number of halogens is 1. The van der Waals surface area contributed by atoms with E-state index in [9.17, 15) is 9.59 Å². The third kappa shape index (κ3) is 2.78. The Morgan fingerprint density at radius 3 is 2.85 bits per heavy atom. The van der Waals surface area contributed by atoms with E-state index in [1.165, 1.54) is 18.2 Å². The zero-order valence-corrected chi connectivity index (χ0v) is 12.0. The number of rotatable bonds is 4. The molecule has 2 N–H and O–H groups in total. The van der Waals surface area contributed by atoms with E-state index in [2.05, 4.69) is 14.9 Å². The van der Waals surface area contributed by atoms with Gasteiger partial charge in [-0.1, -0.05) is 29.1 Å². The molecule has 6 nitrogen and oxygen atoms in total. The third-order valence-electron chi connectivity index (χ3n) is 2.58. The Bertz CT molecular complexity index is 672. The van der Waals surface area contributed by atoms with Gasteiger partial charge in [0.25, 0.3) is 5.91 Å². The quantitative estimate of drug-likeness (QED) is 0.905. The second-order valence-electron chi connectivity index (χ2n) is 3.82. The molecule has 1 aromatic heterocycles. The SMILES string of the molecule is CCc1nnsc1C(=O)Nc1c(Cl)cccc1C(=O)O. The molecule has 0 radical (unpaired) electrons. The van der Waals surface area contributed by atoms with Crippen LogP contribution in [0, 0.1) is 0 Å². The molecule has 8 heteroatoms. The van der Waals surface area contributed by atoms with Crippen LogP contribution in [0.3, 0.4) is 0 Å².